The van der Waals surface area contributed by atoms with Gasteiger partial charge in [0.15, 0.2) is 0 Å². The third kappa shape index (κ3) is 3.51. The molecule has 2 rings (SSSR count). The molecule has 1 saturated heterocycles. The lowest BCUT2D eigenvalue weighted by molar-refractivity contribution is -0.129. The summed E-state index contributed by atoms with van der Waals surface area (Å²) in [6.07, 6.45) is 2.15. The average molecular weight is 277 g/mol. The molecule has 0 spiro atoms. The quantitative estimate of drug-likeness (QED) is 0.868. The van der Waals surface area contributed by atoms with E-state index in [1.807, 2.05) is 24.3 Å². The summed E-state index contributed by atoms with van der Waals surface area (Å²) >= 11 is 0. The number of rotatable bonds is 6. The summed E-state index contributed by atoms with van der Waals surface area (Å²) in [5, 5.41) is 10.3. The third-order valence-electron chi connectivity index (χ3n) is 3.86. The molecule has 1 heterocycles. The molecule has 1 fully saturated rings. The van der Waals surface area contributed by atoms with Crippen molar-refractivity contribution in [3.63, 3.8) is 0 Å². The summed E-state index contributed by atoms with van der Waals surface area (Å²) in [4.78, 5) is 13.7. The van der Waals surface area contributed by atoms with E-state index in [0.29, 0.717) is 18.9 Å². The maximum atomic E-state index is 11.9. The van der Waals surface area contributed by atoms with Gasteiger partial charge in [0.05, 0.1) is 19.8 Å². The summed E-state index contributed by atoms with van der Waals surface area (Å²) in [7, 11) is 1.60. The molecular formula is C16H23NO3. The Balaban J connectivity index is 1.97. The molecule has 2 atom stereocenters. The van der Waals surface area contributed by atoms with Crippen LogP contribution in [0.1, 0.15) is 37.9 Å². The number of nitrogens with zero attached hydrogens (tertiary/aromatic N) is 1. The van der Waals surface area contributed by atoms with Gasteiger partial charge >= 0.3 is 0 Å². The number of β-amino-alcohol motifs (C(OH)–C–C–N with tert-alkyl or cyclic N) is 1. The molecule has 1 N–H and O–H groups in total. The largest absolute Gasteiger partial charge is 0.497 e. The second kappa shape index (κ2) is 6.75. The Bertz CT molecular complexity index is 461. The van der Waals surface area contributed by atoms with Crippen molar-refractivity contribution in [2.45, 2.75) is 32.3 Å². The van der Waals surface area contributed by atoms with E-state index in [-0.39, 0.29) is 5.91 Å². The second-order valence-corrected chi connectivity index (χ2v) is 5.45. The van der Waals surface area contributed by atoms with Crippen LogP contribution in [0.3, 0.4) is 0 Å². The Morgan fingerprint density at radius 3 is 3.00 bits per heavy atom. The first-order chi connectivity index (χ1) is 9.63. The van der Waals surface area contributed by atoms with Crippen LogP contribution in [0.25, 0.3) is 0 Å². The highest BCUT2D eigenvalue weighted by Crippen LogP contribution is 2.26. The van der Waals surface area contributed by atoms with Crippen molar-refractivity contribution in [2.24, 2.45) is 5.92 Å². The van der Waals surface area contributed by atoms with Crippen molar-refractivity contribution in [2.75, 3.05) is 20.2 Å². The van der Waals surface area contributed by atoms with Gasteiger partial charge in [0.1, 0.15) is 5.75 Å². The van der Waals surface area contributed by atoms with Crippen LogP contribution in [0.5, 0.6) is 5.75 Å². The predicted molar refractivity (Wildman–Crippen MR) is 77.5 cm³/mol. The van der Waals surface area contributed by atoms with Crippen molar-refractivity contribution in [1.29, 1.82) is 0 Å². The number of benzene rings is 1. The highest BCUT2D eigenvalue weighted by molar-refractivity contribution is 5.78. The number of carbonyl (C=O) groups excluding carboxylic acids is 1. The lowest BCUT2D eigenvalue weighted by atomic mass is 10.0. The standard InChI is InChI=1S/C16H23NO3/c1-3-5-12-8-16(19)17(10-12)11-15(18)13-6-4-7-14(9-13)20-2/h4,6-7,9,12,15,18H,3,5,8,10-11H2,1-2H3. The fourth-order valence-corrected chi connectivity index (χ4v) is 2.79. The first kappa shape index (κ1) is 14.9. The Morgan fingerprint density at radius 2 is 2.30 bits per heavy atom. The van der Waals surface area contributed by atoms with Crippen molar-refractivity contribution >= 4 is 5.91 Å². The number of likely N-dealkylation sites (tertiary alicyclic amines) is 1. The van der Waals surface area contributed by atoms with Crippen LogP contribution in [0.15, 0.2) is 24.3 Å². The fourth-order valence-electron chi connectivity index (χ4n) is 2.79. The molecule has 110 valence electrons. The minimum absolute atomic E-state index is 0.158. The molecule has 1 aromatic carbocycles. The van der Waals surface area contributed by atoms with Crippen LogP contribution in [-0.2, 0) is 4.79 Å². The number of carbonyl (C=O) groups is 1. The molecule has 4 nitrogen and oxygen atoms in total. The van der Waals surface area contributed by atoms with E-state index in [2.05, 4.69) is 6.92 Å². The summed E-state index contributed by atoms with van der Waals surface area (Å²) < 4.78 is 5.15. The number of amides is 1. The fraction of sp³-hybridized carbons (Fsp3) is 0.562. The van der Waals surface area contributed by atoms with Crippen LogP contribution in [0, 0.1) is 5.92 Å². The number of methoxy groups -OCH3 is 1. The molecule has 0 radical (unpaired) electrons. The number of ether oxygens (including phenoxy) is 1. The molecule has 4 heteroatoms. The minimum atomic E-state index is -0.658. The summed E-state index contributed by atoms with van der Waals surface area (Å²) in [5.41, 5.74) is 0.788. The van der Waals surface area contributed by atoms with Crippen molar-refractivity contribution in [1.82, 2.24) is 4.90 Å². The van der Waals surface area contributed by atoms with Gasteiger partial charge in [-0.2, -0.15) is 0 Å². The van der Waals surface area contributed by atoms with E-state index in [1.165, 1.54) is 0 Å². The number of aliphatic hydroxyl groups excluding tert-OH is 1. The van der Waals surface area contributed by atoms with Crippen molar-refractivity contribution in [3.8, 4) is 5.75 Å². The molecule has 1 aliphatic heterocycles. The van der Waals surface area contributed by atoms with Gasteiger partial charge in [-0.15, -0.1) is 0 Å². The van der Waals surface area contributed by atoms with Crippen molar-refractivity contribution < 1.29 is 14.6 Å². The first-order valence-electron chi connectivity index (χ1n) is 7.23. The zero-order valence-corrected chi connectivity index (χ0v) is 12.2. The van der Waals surface area contributed by atoms with Crippen LogP contribution in [0.4, 0.5) is 0 Å². The van der Waals surface area contributed by atoms with Gasteiger partial charge in [-0.3, -0.25) is 4.79 Å². The highest BCUT2D eigenvalue weighted by atomic mass is 16.5. The Labute approximate surface area is 120 Å². The van der Waals surface area contributed by atoms with Gasteiger partial charge in [-0.1, -0.05) is 25.5 Å². The average Bonchev–Trinajstić information content (AvgIpc) is 2.79. The number of hydrogen-bond acceptors (Lipinski definition) is 3. The van der Waals surface area contributed by atoms with E-state index < -0.39 is 6.10 Å². The molecule has 20 heavy (non-hydrogen) atoms. The molecule has 0 aliphatic carbocycles. The molecule has 2 unspecified atom stereocenters. The van der Waals surface area contributed by atoms with E-state index in [1.54, 1.807) is 12.0 Å². The highest BCUT2D eigenvalue weighted by Gasteiger charge is 2.30. The predicted octanol–water partition coefficient (Wildman–Crippen LogP) is 2.38. The van der Waals surface area contributed by atoms with Gasteiger partial charge < -0.3 is 14.7 Å². The first-order valence-corrected chi connectivity index (χ1v) is 7.23. The molecule has 1 aliphatic rings. The monoisotopic (exact) mass is 277 g/mol. The molecule has 0 saturated carbocycles. The van der Waals surface area contributed by atoms with Gasteiger partial charge in [-0.25, -0.2) is 0 Å². The van der Waals surface area contributed by atoms with E-state index in [0.717, 1.165) is 30.7 Å². The van der Waals surface area contributed by atoms with Crippen LogP contribution < -0.4 is 4.74 Å². The van der Waals surface area contributed by atoms with Crippen molar-refractivity contribution in [3.05, 3.63) is 29.8 Å². The van der Waals surface area contributed by atoms with Gasteiger partial charge in [0.2, 0.25) is 5.91 Å². The Kier molecular flexibility index (Phi) is 5.01. The second-order valence-electron chi connectivity index (χ2n) is 5.45. The molecule has 0 aromatic heterocycles. The summed E-state index contributed by atoms with van der Waals surface area (Å²) in [5.74, 6) is 1.33. The molecule has 1 amide bonds. The SMILES string of the molecule is CCCC1CC(=O)N(CC(O)c2cccc(OC)c2)C1. The smallest absolute Gasteiger partial charge is 0.223 e. The van der Waals surface area contributed by atoms with Crippen LogP contribution in [0.2, 0.25) is 0 Å². The summed E-state index contributed by atoms with van der Waals surface area (Å²) in [6, 6.07) is 7.36. The lowest BCUT2D eigenvalue weighted by Crippen LogP contribution is -2.30. The number of hydrogen-bond donors (Lipinski definition) is 1. The van der Waals surface area contributed by atoms with Crippen LogP contribution in [-0.4, -0.2) is 36.1 Å². The summed E-state index contributed by atoms with van der Waals surface area (Å²) in [6.45, 7) is 3.28. The zero-order valence-electron chi connectivity index (χ0n) is 12.2. The molecular weight excluding hydrogens is 254 g/mol. The van der Waals surface area contributed by atoms with Gasteiger partial charge in [0, 0.05) is 13.0 Å². The maximum Gasteiger partial charge on any atom is 0.223 e. The number of aliphatic hydroxyl groups is 1. The lowest BCUT2D eigenvalue weighted by Gasteiger charge is -2.21. The van der Waals surface area contributed by atoms with E-state index in [9.17, 15) is 9.90 Å². The van der Waals surface area contributed by atoms with E-state index in [4.69, 9.17) is 4.74 Å². The topological polar surface area (TPSA) is 49.8 Å². The van der Waals surface area contributed by atoms with Gasteiger partial charge in [-0.05, 0) is 30.0 Å². The zero-order chi connectivity index (χ0) is 14.5. The Morgan fingerprint density at radius 1 is 1.50 bits per heavy atom. The van der Waals surface area contributed by atoms with Gasteiger partial charge in [0.25, 0.3) is 0 Å². The Hall–Kier alpha value is -1.55. The molecule has 0 bridgehead atoms. The normalized spacial score (nSPS) is 20.2. The van der Waals surface area contributed by atoms with Crippen LogP contribution >= 0.6 is 0 Å². The minimum Gasteiger partial charge on any atom is -0.497 e. The van der Waals surface area contributed by atoms with E-state index >= 15 is 0 Å². The maximum absolute atomic E-state index is 11.9. The third-order valence-corrected chi connectivity index (χ3v) is 3.86. The molecule has 1 aromatic rings.